The molecule has 132 valence electrons. The van der Waals surface area contributed by atoms with Crippen LogP contribution in [-0.2, 0) is 29.4 Å². The molecule has 0 fully saturated rings. The molecule has 0 aliphatic heterocycles. The Kier molecular flexibility index (Phi) is 4.69. The number of nitrogens with zero attached hydrogens (tertiary/aromatic N) is 2. The number of amides is 1. The number of fused-ring (bicyclic) bond motifs is 1. The highest BCUT2D eigenvalue weighted by molar-refractivity contribution is 7.89. The van der Waals surface area contributed by atoms with Crippen LogP contribution in [0.1, 0.15) is 28.0 Å². The van der Waals surface area contributed by atoms with E-state index in [0.717, 1.165) is 30.5 Å². The van der Waals surface area contributed by atoms with Gasteiger partial charge in [0.25, 0.3) is 11.5 Å². The van der Waals surface area contributed by atoms with Gasteiger partial charge in [0.1, 0.15) is 0 Å². The topological polar surface area (TPSA) is 124 Å². The number of aryl methyl sites for hydroxylation is 2. The fourth-order valence-corrected chi connectivity index (χ4v) is 3.29. The zero-order valence-corrected chi connectivity index (χ0v) is 14.3. The third-order valence-corrected chi connectivity index (χ3v) is 5.01. The molecule has 1 heterocycles. The lowest BCUT2D eigenvalue weighted by molar-refractivity contribution is 0.0951. The number of sulfonamides is 1. The van der Waals surface area contributed by atoms with Gasteiger partial charge < -0.3 is 5.32 Å². The van der Waals surface area contributed by atoms with E-state index in [9.17, 15) is 18.0 Å². The molecule has 0 atom stereocenters. The smallest absolute Gasteiger partial charge is 0.267 e. The zero-order valence-electron chi connectivity index (χ0n) is 13.4. The fourth-order valence-electron chi connectivity index (χ4n) is 2.77. The van der Waals surface area contributed by atoms with E-state index < -0.39 is 10.0 Å². The van der Waals surface area contributed by atoms with Gasteiger partial charge in [-0.25, -0.2) is 18.2 Å². The number of nitrogens with one attached hydrogen (secondary N) is 1. The second-order valence-electron chi connectivity index (χ2n) is 5.86. The van der Waals surface area contributed by atoms with Gasteiger partial charge in [-0.3, -0.25) is 9.59 Å². The predicted molar refractivity (Wildman–Crippen MR) is 90.7 cm³/mol. The van der Waals surface area contributed by atoms with Crippen LogP contribution in [0.3, 0.4) is 0 Å². The summed E-state index contributed by atoms with van der Waals surface area (Å²) in [6.45, 7) is 0.509. The van der Waals surface area contributed by atoms with Crippen molar-refractivity contribution in [3.63, 3.8) is 0 Å². The predicted octanol–water partition coefficient (Wildman–Crippen LogP) is -0.191. The average Bonchev–Trinajstić information content (AvgIpc) is 3.01. The molecule has 0 unspecified atom stereocenters. The van der Waals surface area contributed by atoms with Crippen LogP contribution < -0.4 is 16.0 Å². The van der Waals surface area contributed by atoms with Crippen LogP contribution in [-0.4, -0.2) is 30.7 Å². The summed E-state index contributed by atoms with van der Waals surface area (Å²) in [5.74, 6) is -0.366. The minimum Gasteiger partial charge on any atom is -0.350 e. The SMILES string of the molecule is NS(=O)(=O)c1ccc(C(=O)NCCn2nc3c(cc2=O)CCC3)cc1. The number of primary sulfonamides is 1. The first-order valence-electron chi connectivity index (χ1n) is 7.85. The second kappa shape index (κ2) is 6.77. The van der Waals surface area contributed by atoms with Gasteiger partial charge in [-0.15, -0.1) is 0 Å². The van der Waals surface area contributed by atoms with Crippen LogP contribution in [0.25, 0.3) is 0 Å². The number of aromatic nitrogens is 2. The number of benzene rings is 1. The molecular weight excluding hydrogens is 344 g/mol. The largest absolute Gasteiger partial charge is 0.350 e. The molecule has 2 aromatic rings. The van der Waals surface area contributed by atoms with Crippen molar-refractivity contribution in [2.45, 2.75) is 30.7 Å². The van der Waals surface area contributed by atoms with Crippen LogP contribution in [0, 0.1) is 0 Å². The van der Waals surface area contributed by atoms with E-state index in [-0.39, 0.29) is 29.5 Å². The Bertz CT molecular complexity index is 965. The summed E-state index contributed by atoms with van der Waals surface area (Å²) in [6.07, 6.45) is 2.78. The Morgan fingerprint density at radius 3 is 2.64 bits per heavy atom. The molecule has 1 aromatic heterocycles. The van der Waals surface area contributed by atoms with Crippen molar-refractivity contribution in [3.05, 3.63) is 57.5 Å². The Balaban J connectivity index is 1.61. The molecule has 3 rings (SSSR count). The van der Waals surface area contributed by atoms with E-state index in [1.54, 1.807) is 6.07 Å². The van der Waals surface area contributed by atoms with Crippen molar-refractivity contribution in [2.24, 2.45) is 5.14 Å². The Hall–Kier alpha value is -2.52. The normalized spacial score (nSPS) is 13.5. The first-order chi connectivity index (χ1) is 11.8. The summed E-state index contributed by atoms with van der Waals surface area (Å²) >= 11 is 0. The summed E-state index contributed by atoms with van der Waals surface area (Å²) < 4.78 is 23.7. The molecule has 0 bridgehead atoms. The van der Waals surface area contributed by atoms with E-state index in [2.05, 4.69) is 10.4 Å². The van der Waals surface area contributed by atoms with Crippen molar-refractivity contribution in [2.75, 3.05) is 6.54 Å². The van der Waals surface area contributed by atoms with Crippen molar-refractivity contribution >= 4 is 15.9 Å². The van der Waals surface area contributed by atoms with Gasteiger partial charge >= 0.3 is 0 Å². The number of nitrogens with two attached hydrogens (primary N) is 1. The second-order valence-corrected chi connectivity index (χ2v) is 7.42. The van der Waals surface area contributed by atoms with Crippen molar-refractivity contribution in [1.29, 1.82) is 0 Å². The summed E-state index contributed by atoms with van der Waals surface area (Å²) in [6, 6.07) is 6.93. The van der Waals surface area contributed by atoms with Crippen molar-refractivity contribution in [1.82, 2.24) is 15.1 Å². The minimum absolute atomic E-state index is 0.0575. The average molecular weight is 362 g/mol. The molecule has 0 saturated heterocycles. The Morgan fingerprint density at radius 1 is 1.24 bits per heavy atom. The molecule has 25 heavy (non-hydrogen) atoms. The zero-order chi connectivity index (χ0) is 18.0. The van der Waals surface area contributed by atoms with E-state index >= 15 is 0 Å². The lowest BCUT2D eigenvalue weighted by atomic mass is 10.2. The maximum Gasteiger partial charge on any atom is 0.267 e. The highest BCUT2D eigenvalue weighted by Gasteiger charge is 2.15. The van der Waals surface area contributed by atoms with Crippen LogP contribution >= 0.6 is 0 Å². The van der Waals surface area contributed by atoms with Gasteiger partial charge in [0.2, 0.25) is 10.0 Å². The number of carbonyl (C=O) groups is 1. The molecule has 9 heteroatoms. The molecule has 0 saturated carbocycles. The maximum absolute atomic E-state index is 12.1. The standard InChI is InChI=1S/C16H18N4O4S/c17-25(23,24)13-6-4-11(5-7-13)16(22)18-8-9-20-15(21)10-12-2-1-3-14(12)19-20/h4-7,10H,1-3,8-9H2,(H,18,22)(H2,17,23,24). The highest BCUT2D eigenvalue weighted by atomic mass is 32.2. The molecule has 1 aliphatic rings. The molecule has 0 radical (unpaired) electrons. The Labute approximate surface area is 144 Å². The first kappa shape index (κ1) is 17.3. The fraction of sp³-hybridized carbons (Fsp3) is 0.312. The number of hydrogen-bond acceptors (Lipinski definition) is 5. The third-order valence-electron chi connectivity index (χ3n) is 4.08. The van der Waals surface area contributed by atoms with E-state index in [1.165, 1.54) is 28.9 Å². The monoisotopic (exact) mass is 362 g/mol. The number of hydrogen-bond donors (Lipinski definition) is 2. The first-order valence-corrected chi connectivity index (χ1v) is 9.40. The lowest BCUT2D eigenvalue weighted by Crippen LogP contribution is -2.32. The summed E-state index contributed by atoms with van der Waals surface area (Å²) in [5.41, 5.74) is 2.10. The maximum atomic E-state index is 12.1. The molecule has 0 spiro atoms. The summed E-state index contributed by atoms with van der Waals surface area (Å²) in [5, 5.41) is 12.0. The summed E-state index contributed by atoms with van der Waals surface area (Å²) in [4.78, 5) is 24.0. The molecule has 1 amide bonds. The molecule has 3 N–H and O–H groups in total. The molecule has 1 aromatic carbocycles. The summed E-state index contributed by atoms with van der Waals surface area (Å²) in [7, 11) is -3.79. The van der Waals surface area contributed by atoms with Crippen molar-refractivity contribution in [3.8, 4) is 0 Å². The number of rotatable bonds is 5. The Morgan fingerprint density at radius 2 is 1.96 bits per heavy atom. The van der Waals surface area contributed by atoms with Crippen molar-refractivity contribution < 1.29 is 13.2 Å². The van der Waals surface area contributed by atoms with Gasteiger partial charge in [-0.2, -0.15) is 5.10 Å². The quantitative estimate of drug-likeness (QED) is 0.763. The minimum atomic E-state index is -3.79. The van der Waals surface area contributed by atoms with E-state index in [1.807, 2.05) is 0 Å². The van der Waals surface area contributed by atoms with Gasteiger partial charge in [0.05, 0.1) is 17.1 Å². The molecule has 1 aliphatic carbocycles. The highest BCUT2D eigenvalue weighted by Crippen LogP contribution is 2.16. The lowest BCUT2D eigenvalue weighted by Gasteiger charge is -2.08. The van der Waals surface area contributed by atoms with Gasteiger partial charge in [0, 0.05) is 18.2 Å². The third kappa shape index (κ3) is 3.94. The van der Waals surface area contributed by atoms with E-state index in [4.69, 9.17) is 5.14 Å². The van der Waals surface area contributed by atoms with Crippen LogP contribution in [0.4, 0.5) is 0 Å². The van der Waals surface area contributed by atoms with Gasteiger partial charge in [0.15, 0.2) is 0 Å². The molecular formula is C16H18N4O4S. The van der Waals surface area contributed by atoms with Crippen LogP contribution in [0.5, 0.6) is 0 Å². The van der Waals surface area contributed by atoms with E-state index in [0.29, 0.717) is 5.56 Å². The molecule has 8 nitrogen and oxygen atoms in total. The van der Waals surface area contributed by atoms with Crippen LogP contribution in [0.2, 0.25) is 0 Å². The van der Waals surface area contributed by atoms with Crippen LogP contribution in [0.15, 0.2) is 40.0 Å². The van der Waals surface area contributed by atoms with Gasteiger partial charge in [-0.1, -0.05) is 0 Å². The van der Waals surface area contributed by atoms with Gasteiger partial charge in [-0.05, 0) is 49.1 Å². The number of carbonyl (C=O) groups excluding carboxylic acids is 1.